The first kappa shape index (κ1) is 21.4. The van der Waals surface area contributed by atoms with Crippen LogP contribution in [-0.2, 0) is 4.74 Å². The minimum absolute atomic E-state index is 0.00372. The van der Waals surface area contributed by atoms with E-state index in [1.807, 2.05) is 0 Å². The molecule has 0 heterocycles. The average Bonchev–Trinajstić information content (AvgIpc) is 2.76. The molecule has 8 heteroatoms. The Morgan fingerprint density at radius 2 is 1.52 bits per heavy atom. The molecule has 0 unspecified atom stereocenters. The van der Waals surface area contributed by atoms with Crippen molar-refractivity contribution in [3.05, 3.63) is 97.5 Å². The van der Waals surface area contributed by atoms with Gasteiger partial charge in [0, 0.05) is 21.7 Å². The van der Waals surface area contributed by atoms with Gasteiger partial charge in [-0.2, -0.15) is 0 Å². The van der Waals surface area contributed by atoms with Crippen molar-refractivity contribution in [1.82, 2.24) is 0 Å². The third-order valence-electron chi connectivity index (χ3n) is 4.72. The number of carbonyl (C=O) groups is 3. The molecule has 0 saturated carbocycles. The Labute approximate surface area is 192 Å². The SMILES string of the molecule is O=C(OCCOc1ccc(Cl)cc1Cl)c1ccc2c(c1Cl)C(=O)c1ccccc1C2=O. The topological polar surface area (TPSA) is 69.7 Å². The van der Waals surface area contributed by atoms with Gasteiger partial charge < -0.3 is 9.47 Å². The fourth-order valence-corrected chi connectivity index (χ4v) is 4.05. The lowest BCUT2D eigenvalue weighted by molar-refractivity contribution is 0.0450. The molecule has 0 fully saturated rings. The van der Waals surface area contributed by atoms with Gasteiger partial charge in [-0.3, -0.25) is 9.59 Å². The maximum atomic E-state index is 12.9. The summed E-state index contributed by atoms with van der Waals surface area (Å²) in [6.07, 6.45) is 0. The lowest BCUT2D eigenvalue weighted by Crippen LogP contribution is -2.22. The van der Waals surface area contributed by atoms with Crippen LogP contribution in [-0.4, -0.2) is 30.7 Å². The number of hydrogen-bond donors (Lipinski definition) is 0. The quantitative estimate of drug-likeness (QED) is 0.275. The number of benzene rings is 3. The Kier molecular flexibility index (Phi) is 6.01. The van der Waals surface area contributed by atoms with Gasteiger partial charge >= 0.3 is 5.97 Å². The van der Waals surface area contributed by atoms with Crippen molar-refractivity contribution >= 4 is 52.3 Å². The Bertz CT molecular complexity index is 1240. The van der Waals surface area contributed by atoms with Gasteiger partial charge in [-0.15, -0.1) is 0 Å². The molecular formula is C23H13Cl3O5. The lowest BCUT2D eigenvalue weighted by atomic mass is 9.83. The summed E-state index contributed by atoms with van der Waals surface area (Å²) in [6, 6.07) is 14.0. The normalized spacial score (nSPS) is 12.2. The van der Waals surface area contributed by atoms with E-state index in [2.05, 4.69) is 0 Å². The Hall–Kier alpha value is -2.86. The molecule has 0 aromatic heterocycles. The summed E-state index contributed by atoms with van der Waals surface area (Å²) >= 11 is 18.2. The second-order valence-corrected chi connectivity index (χ2v) is 7.83. The predicted molar refractivity (Wildman–Crippen MR) is 117 cm³/mol. The molecule has 5 nitrogen and oxygen atoms in total. The zero-order chi connectivity index (χ0) is 22.1. The molecule has 156 valence electrons. The number of esters is 1. The molecule has 0 bridgehead atoms. The molecule has 0 saturated heterocycles. The summed E-state index contributed by atoms with van der Waals surface area (Å²) < 4.78 is 10.7. The summed E-state index contributed by atoms with van der Waals surface area (Å²) in [5, 5.41) is 0.693. The van der Waals surface area contributed by atoms with Gasteiger partial charge in [0.1, 0.15) is 19.0 Å². The molecule has 1 aliphatic carbocycles. The highest BCUT2D eigenvalue weighted by Crippen LogP contribution is 2.34. The zero-order valence-corrected chi connectivity index (χ0v) is 18.1. The second kappa shape index (κ2) is 8.71. The standard InChI is InChI=1S/C23H13Cl3O5/c24-12-5-8-18(17(25)11-12)30-9-10-31-23(29)16-7-6-15-19(20(16)26)22(28)14-4-2-1-3-13(14)21(15)27/h1-8,11H,9-10H2. The molecule has 1 aliphatic rings. The van der Waals surface area contributed by atoms with Crippen molar-refractivity contribution in [3.8, 4) is 5.75 Å². The van der Waals surface area contributed by atoms with E-state index in [0.717, 1.165) is 0 Å². The van der Waals surface area contributed by atoms with Crippen molar-refractivity contribution in [2.75, 3.05) is 13.2 Å². The van der Waals surface area contributed by atoms with Crippen LogP contribution >= 0.6 is 34.8 Å². The van der Waals surface area contributed by atoms with Crippen LogP contribution in [0.3, 0.4) is 0 Å². The Morgan fingerprint density at radius 1 is 0.806 bits per heavy atom. The fourth-order valence-electron chi connectivity index (χ4n) is 3.26. The summed E-state index contributed by atoms with van der Waals surface area (Å²) in [7, 11) is 0. The van der Waals surface area contributed by atoms with Crippen LogP contribution < -0.4 is 4.74 Å². The molecule has 4 rings (SSSR count). The van der Waals surface area contributed by atoms with Crippen molar-refractivity contribution < 1.29 is 23.9 Å². The third-order valence-corrected chi connectivity index (χ3v) is 5.64. The van der Waals surface area contributed by atoms with Gasteiger partial charge in [0.15, 0.2) is 11.6 Å². The average molecular weight is 476 g/mol. The number of ether oxygens (including phenoxy) is 2. The summed E-state index contributed by atoms with van der Waals surface area (Å²) in [5.74, 6) is -1.07. The van der Waals surface area contributed by atoms with Crippen molar-refractivity contribution in [3.63, 3.8) is 0 Å². The Morgan fingerprint density at radius 3 is 2.23 bits per heavy atom. The molecule has 0 aliphatic heterocycles. The van der Waals surface area contributed by atoms with Gasteiger partial charge in [0.05, 0.1) is 21.2 Å². The van der Waals surface area contributed by atoms with Crippen LogP contribution in [0.4, 0.5) is 0 Å². The fraction of sp³-hybridized carbons (Fsp3) is 0.0870. The summed E-state index contributed by atoms with van der Waals surface area (Å²) in [6.45, 7) is -0.0403. The highest BCUT2D eigenvalue weighted by molar-refractivity contribution is 6.41. The van der Waals surface area contributed by atoms with Crippen molar-refractivity contribution in [1.29, 1.82) is 0 Å². The highest BCUT2D eigenvalue weighted by Gasteiger charge is 2.33. The minimum Gasteiger partial charge on any atom is -0.488 e. The largest absolute Gasteiger partial charge is 0.488 e. The number of hydrogen-bond acceptors (Lipinski definition) is 5. The van der Waals surface area contributed by atoms with Gasteiger partial charge in [0.2, 0.25) is 0 Å². The molecule has 3 aromatic rings. The number of ketones is 2. The van der Waals surface area contributed by atoms with E-state index >= 15 is 0 Å². The minimum atomic E-state index is -0.738. The van der Waals surface area contributed by atoms with Gasteiger partial charge in [-0.25, -0.2) is 4.79 Å². The molecular weight excluding hydrogens is 463 g/mol. The molecule has 31 heavy (non-hydrogen) atoms. The van der Waals surface area contributed by atoms with E-state index in [1.165, 1.54) is 18.2 Å². The summed E-state index contributed by atoms with van der Waals surface area (Å²) in [4.78, 5) is 38.1. The first-order valence-corrected chi connectivity index (χ1v) is 10.3. The number of fused-ring (bicyclic) bond motifs is 2. The molecule has 0 atom stereocenters. The maximum Gasteiger partial charge on any atom is 0.339 e. The first-order chi connectivity index (χ1) is 14.9. The van der Waals surface area contributed by atoms with Crippen molar-refractivity contribution in [2.24, 2.45) is 0 Å². The number of carbonyl (C=O) groups excluding carboxylic acids is 3. The molecule has 0 radical (unpaired) electrons. The van der Waals surface area contributed by atoms with Crippen LogP contribution in [0, 0.1) is 0 Å². The van der Waals surface area contributed by atoms with Crippen LogP contribution in [0.5, 0.6) is 5.75 Å². The zero-order valence-electron chi connectivity index (χ0n) is 15.8. The summed E-state index contributed by atoms with van der Waals surface area (Å²) in [5.41, 5.74) is 0.713. The smallest absolute Gasteiger partial charge is 0.339 e. The van der Waals surface area contributed by atoms with Crippen molar-refractivity contribution in [2.45, 2.75) is 0 Å². The molecule has 0 N–H and O–H groups in total. The highest BCUT2D eigenvalue weighted by atomic mass is 35.5. The predicted octanol–water partition coefficient (Wildman–Crippen LogP) is 5.66. The van der Waals surface area contributed by atoms with E-state index in [-0.39, 0.29) is 46.3 Å². The van der Waals surface area contributed by atoms with Gasteiger partial charge in [-0.1, -0.05) is 59.1 Å². The molecule has 0 amide bonds. The Balaban J connectivity index is 1.48. The van der Waals surface area contributed by atoms with E-state index in [1.54, 1.807) is 36.4 Å². The van der Waals surface area contributed by atoms with Crippen LogP contribution in [0.25, 0.3) is 0 Å². The first-order valence-electron chi connectivity index (χ1n) is 9.14. The number of halogens is 3. The lowest BCUT2D eigenvalue weighted by Gasteiger charge is -2.19. The monoisotopic (exact) mass is 474 g/mol. The van der Waals surface area contributed by atoms with E-state index in [9.17, 15) is 14.4 Å². The number of rotatable bonds is 5. The molecule has 3 aromatic carbocycles. The van der Waals surface area contributed by atoms with E-state index in [4.69, 9.17) is 44.3 Å². The van der Waals surface area contributed by atoms with E-state index < -0.39 is 11.8 Å². The van der Waals surface area contributed by atoms with Gasteiger partial charge in [0.25, 0.3) is 0 Å². The molecule has 0 spiro atoms. The second-order valence-electron chi connectivity index (χ2n) is 6.61. The van der Waals surface area contributed by atoms with Gasteiger partial charge in [-0.05, 0) is 30.3 Å². The van der Waals surface area contributed by atoms with Crippen LogP contribution in [0.2, 0.25) is 15.1 Å². The van der Waals surface area contributed by atoms with E-state index in [0.29, 0.717) is 21.4 Å². The maximum absolute atomic E-state index is 12.9. The van der Waals surface area contributed by atoms with Crippen LogP contribution in [0.1, 0.15) is 42.2 Å². The third kappa shape index (κ3) is 4.04. The van der Waals surface area contributed by atoms with Crippen LogP contribution in [0.15, 0.2) is 54.6 Å².